The molecule has 21 heavy (non-hydrogen) atoms. The molecule has 0 fully saturated rings. The second-order valence-corrected chi connectivity index (χ2v) is 5.15. The number of H-pyrrole nitrogens is 1. The summed E-state index contributed by atoms with van der Waals surface area (Å²) in [6, 6.07) is 7.89. The summed E-state index contributed by atoms with van der Waals surface area (Å²) in [6.07, 6.45) is 5.71. The molecule has 0 bridgehead atoms. The first-order chi connectivity index (χ1) is 10.3. The predicted octanol–water partition coefficient (Wildman–Crippen LogP) is 2.89. The Balaban J connectivity index is 1.63. The summed E-state index contributed by atoms with van der Waals surface area (Å²) >= 11 is 0. The van der Waals surface area contributed by atoms with Gasteiger partial charge in [0.2, 0.25) is 0 Å². The van der Waals surface area contributed by atoms with Gasteiger partial charge in [-0.2, -0.15) is 5.10 Å². The summed E-state index contributed by atoms with van der Waals surface area (Å²) in [5, 5.41) is 11.4. The van der Waals surface area contributed by atoms with Gasteiger partial charge in [-0.25, -0.2) is 0 Å². The third-order valence-electron chi connectivity index (χ3n) is 3.70. The first kappa shape index (κ1) is 13.4. The Morgan fingerprint density at radius 3 is 3.00 bits per heavy atom. The van der Waals surface area contributed by atoms with Gasteiger partial charge in [-0.15, -0.1) is 0 Å². The van der Waals surface area contributed by atoms with Gasteiger partial charge in [0.25, 0.3) is 0 Å². The summed E-state index contributed by atoms with van der Waals surface area (Å²) in [5.74, 6) is 0. The number of hydrogen-bond donors (Lipinski definition) is 3. The lowest BCUT2D eigenvalue weighted by molar-refractivity contribution is 0.858. The Labute approximate surface area is 123 Å². The van der Waals surface area contributed by atoms with Gasteiger partial charge < -0.3 is 11.1 Å². The van der Waals surface area contributed by atoms with Crippen molar-refractivity contribution in [3.8, 4) is 0 Å². The molecule has 0 radical (unpaired) electrons. The minimum absolute atomic E-state index is 0.764. The molecule has 0 saturated heterocycles. The Kier molecular flexibility index (Phi) is 3.73. The van der Waals surface area contributed by atoms with Crippen molar-refractivity contribution in [1.29, 1.82) is 0 Å². The van der Waals surface area contributed by atoms with Gasteiger partial charge in [0.1, 0.15) is 0 Å². The van der Waals surface area contributed by atoms with Crippen LogP contribution in [-0.2, 0) is 6.42 Å². The monoisotopic (exact) mass is 281 g/mol. The Hall–Kier alpha value is -2.56. The first-order valence-corrected chi connectivity index (χ1v) is 7.11. The van der Waals surface area contributed by atoms with Crippen LogP contribution in [0.2, 0.25) is 0 Å². The van der Waals surface area contributed by atoms with Crippen LogP contribution in [0.3, 0.4) is 0 Å². The molecular formula is C16H19N5. The van der Waals surface area contributed by atoms with Crippen LogP contribution in [0.25, 0.3) is 10.9 Å². The average Bonchev–Trinajstić information content (AvgIpc) is 2.91. The smallest absolute Gasteiger partial charge is 0.0724 e. The molecule has 0 aliphatic carbocycles. The number of nitrogens with two attached hydrogens (primary N) is 1. The van der Waals surface area contributed by atoms with E-state index in [1.165, 1.54) is 5.56 Å². The number of pyridine rings is 1. The summed E-state index contributed by atoms with van der Waals surface area (Å²) in [4.78, 5) is 4.30. The van der Waals surface area contributed by atoms with Crippen LogP contribution in [0.4, 0.5) is 11.4 Å². The van der Waals surface area contributed by atoms with Crippen molar-refractivity contribution in [1.82, 2.24) is 15.2 Å². The number of nitrogen functional groups attached to an aromatic ring is 1. The van der Waals surface area contributed by atoms with Gasteiger partial charge in [-0.05, 0) is 49.6 Å². The SMILES string of the molecule is Cc1[nH]ncc1CCCNc1ccc2ncccc2c1N. The van der Waals surface area contributed by atoms with Crippen LogP contribution < -0.4 is 11.1 Å². The highest BCUT2D eigenvalue weighted by Gasteiger charge is 2.05. The lowest BCUT2D eigenvalue weighted by Crippen LogP contribution is -2.06. The summed E-state index contributed by atoms with van der Waals surface area (Å²) < 4.78 is 0. The van der Waals surface area contributed by atoms with E-state index in [9.17, 15) is 0 Å². The normalized spacial score (nSPS) is 10.9. The lowest BCUT2D eigenvalue weighted by Gasteiger charge is -2.11. The fraction of sp³-hybridized carbons (Fsp3) is 0.250. The largest absolute Gasteiger partial charge is 0.397 e. The van der Waals surface area contributed by atoms with Crippen LogP contribution in [0, 0.1) is 6.92 Å². The van der Waals surface area contributed by atoms with Crippen LogP contribution in [-0.4, -0.2) is 21.7 Å². The Morgan fingerprint density at radius 2 is 2.19 bits per heavy atom. The fourth-order valence-electron chi connectivity index (χ4n) is 2.46. The van der Waals surface area contributed by atoms with E-state index in [1.54, 1.807) is 6.20 Å². The van der Waals surface area contributed by atoms with E-state index in [2.05, 4.69) is 20.5 Å². The van der Waals surface area contributed by atoms with Gasteiger partial charge in [-0.1, -0.05) is 0 Å². The van der Waals surface area contributed by atoms with Gasteiger partial charge in [0, 0.05) is 23.8 Å². The zero-order chi connectivity index (χ0) is 14.7. The number of aromatic nitrogens is 3. The van der Waals surface area contributed by atoms with Crippen molar-refractivity contribution >= 4 is 22.3 Å². The number of nitrogens with zero attached hydrogens (tertiary/aromatic N) is 2. The molecule has 3 aromatic rings. The minimum atomic E-state index is 0.764. The third-order valence-corrected chi connectivity index (χ3v) is 3.70. The van der Waals surface area contributed by atoms with Gasteiger partial charge in [0.05, 0.1) is 23.1 Å². The maximum absolute atomic E-state index is 6.20. The molecule has 108 valence electrons. The van der Waals surface area contributed by atoms with E-state index in [0.29, 0.717) is 0 Å². The average molecular weight is 281 g/mol. The number of hydrogen-bond acceptors (Lipinski definition) is 4. The summed E-state index contributed by atoms with van der Waals surface area (Å²) in [6.45, 7) is 2.92. The van der Waals surface area contributed by atoms with Crippen molar-refractivity contribution in [2.75, 3.05) is 17.6 Å². The molecule has 0 spiro atoms. The highest BCUT2D eigenvalue weighted by atomic mass is 15.1. The standard InChI is InChI=1S/C16H19N5/c1-11-12(10-20-21-11)4-2-8-19-15-7-6-14-13(16(15)17)5-3-9-18-14/h3,5-7,9-10,19H,2,4,8,17H2,1H3,(H,20,21). The number of nitrogens with one attached hydrogen (secondary N) is 2. The highest BCUT2D eigenvalue weighted by Crippen LogP contribution is 2.27. The lowest BCUT2D eigenvalue weighted by atomic mass is 10.1. The second-order valence-electron chi connectivity index (χ2n) is 5.15. The van der Waals surface area contributed by atoms with E-state index in [4.69, 9.17) is 5.73 Å². The quantitative estimate of drug-likeness (QED) is 0.496. The van der Waals surface area contributed by atoms with Crippen LogP contribution in [0.1, 0.15) is 17.7 Å². The Morgan fingerprint density at radius 1 is 1.29 bits per heavy atom. The maximum atomic E-state index is 6.20. The molecule has 2 heterocycles. The van der Waals surface area contributed by atoms with E-state index < -0.39 is 0 Å². The molecule has 0 amide bonds. The van der Waals surface area contributed by atoms with Crippen molar-refractivity contribution in [3.05, 3.63) is 47.9 Å². The number of aryl methyl sites for hydroxylation is 2. The molecule has 5 nitrogen and oxygen atoms in total. The molecule has 0 unspecified atom stereocenters. The van der Waals surface area contributed by atoms with Gasteiger partial charge in [0.15, 0.2) is 0 Å². The molecule has 0 aliphatic heterocycles. The zero-order valence-electron chi connectivity index (χ0n) is 12.1. The molecule has 0 atom stereocenters. The summed E-state index contributed by atoms with van der Waals surface area (Å²) in [5.41, 5.74) is 11.3. The number of rotatable bonds is 5. The molecule has 0 saturated carbocycles. The Bertz CT molecular complexity index is 747. The van der Waals surface area contributed by atoms with Crippen LogP contribution in [0.15, 0.2) is 36.7 Å². The van der Waals surface area contributed by atoms with Crippen LogP contribution >= 0.6 is 0 Å². The molecule has 0 aliphatic rings. The highest BCUT2D eigenvalue weighted by molar-refractivity contribution is 5.96. The third kappa shape index (κ3) is 2.81. The van der Waals surface area contributed by atoms with E-state index in [-0.39, 0.29) is 0 Å². The van der Waals surface area contributed by atoms with Crippen molar-refractivity contribution < 1.29 is 0 Å². The van der Waals surface area contributed by atoms with E-state index in [0.717, 1.165) is 47.4 Å². The predicted molar refractivity (Wildman–Crippen MR) is 86.3 cm³/mol. The molecule has 3 rings (SSSR count). The molecule has 4 N–H and O–H groups in total. The molecule has 2 aromatic heterocycles. The van der Waals surface area contributed by atoms with Crippen LogP contribution in [0.5, 0.6) is 0 Å². The van der Waals surface area contributed by atoms with Crippen molar-refractivity contribution in [3.63, 3.8) is 0 Å². The van der Waals surface area contributed by atoms with E-state index in [1.807, 2.05) is 37.4 Å². The van der Waals surface area contributed by atoms with Gasteiger partial charge in [-0.3, -0.25) is 10.1 Å². The first-order valence-electron chi connectivity index (χ1n) is 7.11. The minimum Gasteiger partial charge on any atom is -0.397 e. The van der Waals surface area contributed by atoms with E-state index >= 15 is 0 Å². The summed E-state index contributed by atoms with van der Waals surface area (Å²) in [7, 11) is 0. The fourth-order valence-corrected chi connectivity index (χ4v) is 2.46. The zero-order valence-corrected chi connectivity index (χ0v) is 12.1. The topological polar surface area (TPSA) is 79.6 Å². The second kappa shape index (κ2) is 5.83. The van der Waals surface area contributed by atoms with Gasteiger partial charge >= 0.3 is 0 Å². The molecular weight excluding hydrogens is 262 g/mol. The number of fused-ring (bicyclic) bond motifs is 1. The maximum Gasteiger partial charge on any atom is 0.0724 e. The molecule has 5 heteroatoms. The van der Waals surface area contributed by atoms with Crippen molar-refractivity contribution in [2.24, 2.45) is 0 Å². The number of benzene rings is 1. The molecule has 1 aromatic carbocycles. The van der Waals surface area contributed by atoms with Crippen molar-refractivity contribution in [2.45, 2.75) is 19.8 Å². The number of aromatic amines is 1. The number of anilines is 2.